The van der Waals surface area contributed by atoms with Crippen molar-refractivity contribution >= 4 is 23.3 Å². The monoisotopic (exact) mass is 263 g/mol. The molecule has 1 saturated heterocycles. The van der Waals surface area contributed by atoms with Crippen molar-refractivity contribution in [2.75, 3.05) is 23.7 Å². The van der Waals surface area contributed by atoms with Crippen molar-refractivity contribution in [3.8, 4) is 0 Å². The molecule has 0 aliphatic carbocycles. The fraction of sp³-hybridized carbons (Fsp3) is 0.385. The largest absolute Gasteiger partial charge is 0.478 e. The van der Waals surface area contributed by atoms with Gasteiger partial charge in [-0.3, -0.25) is 4.79 Å². The van der Waals surface area contributed by atoms with E-state index < -0.39 is 11.5 Å². The molecule has 0 aromatic heterocycles. The van der Waals surface area contributed by atoms with Gasteiger partial charge < -0.3 is 21.1 Å². The zero-order valence-electron chi connectivity index (χ0n) is 10.9. The number of benzene rings is 1. The summed E-state index contributed by atoms with van der Waals surface area (Å²) < 4.78 is 0. The molecule has 1 aromatic carbocycles. The van der Waals surface area contributed by atoms with E-state index in [0.717, 1.165) is 0 Å². The third-order valence-electron chi connectivity index (χ3n) is 3.42. The molecule has 6 heteroatoms. The number of nitrogens with zero attached hydrogens (tertiary/aromatic N) is 1. The third-order valence-corrected chi connectivity index (χ3v) is 3.42. The highest BCUT2D eigenvalue weighted by Crippen LogP contribution is 2.34. The van der Waals surface area contributed by atoms with E-state index in [0.29, 0.717) is 24.5 Å². The SMILES string of the molecule is CC1(C)C(=O)NCCN1c1c(N)cccc1C(=O)O. The molecule has 0 saturated carbocycles. The molecule has 1 heterocycles. The molecule has 0 bridgehead atoms. The number of carboxylic acid groups (broad SMARTS) is 1. The first-order chi connectivity index (χ1) is 8.85. The van der Waals surface area contributed by atoms with E-state index in [2.05, 4.69) is 5.32 Å². The standard InChI is InChI=1S/C13H17N3O3/c1-13(2)12(19)15-6-7-16(13)10-8(11(17)18)4-3-5-9(10)14/h3-5H,6-7,14H2,1-2H3,(H,15,19)(H,17,18). The molecule has 1 aliphatic heterocycles. The Morgan fingerprint density at radius 3 is 2.79 bits per heavy atom. The molecule has 1 aliphatic rings. The molecule has 1 amide bonds. The van der Waals surface area contributed by atoms with E-state index in [1.54, 1.807) is 30.9 Å². The highest BCUT2D eigenvalue weighted by Gasteiger charge is 2.39. The molecule has 1 aromatic rings. The van der Waals surface area contributed by atoms with Gasteiger partial charge in [-0.2, -0.15) is 0 Å². The lowest BCUT2D eigenvalue weighted by molar-refractivity contribution is -0.126. The van der Waals surface area contributed by atoms with Crippen LogP contribution < -0.4 is 16.0 Å². The minimum absolute atomic E-state index is 0.114. The van der Waals surface area contributed by atoms with Crippen molar-refractivity contribution in [1.82, 2.24) is 5.32 Å². The minimum atomic E-state index is -1.05. The van der Waals surface area contributed by atoms with Crippen molar-refractivity contribution in [3.63, 3.8) is 0 Å². The van der Waals surface area contributed by atoms with Gasteiger partial charge in [0.1, 0.15) is 5.54 Å². The number of nitrogens with one attached hydrogen (secondary N) is 1. The molecular weight excluding hydrogens is 246 g/mol. The van der Waals surface area contributed by atoms with Crippen LogP contribution in [0.1, 0.15) is 24.2 Å². The summed E-state index contributed by atoms with van der Waals surface area (Å²) in [6.07, 6.45) is 0. The number of hydrogen-bond acceptors (Lipinski definition) is 4. The summed E-state index contributed by atoms with van der Waals surface area (Å²) in [5, 5.41) is 12.0. The van der Waals surface area contributed by atoms with Gasteiger partial charge in [-0.1, -0.05) is 6.07 Å². The van der Waals surface area contributed by atoms with Crippen LogP contribution in [0.25, 0.3) is 0 Å². The lowest BCUT2D eigenvalue weighted by Gasteiger charge is -2.43. The Morgan fingerprint density at radius 2 is 2.16 bits per heavy atom. The van der Waals surface area contributed by atoms with Crippen molar-refractivity contribution in [2.24, 2.45) is 0 Å². The van der Waals surface area contributed by atoms with E-state index in [4.69, 9.17) is 5.73 Å². The van der Waals surface area contributed by atoms with Crippen LogP contribution in [0.3, 0.4) is 0 Å². The molecule has 0 radical (unpaired) electrons. The van der Waals surface area contributed by atoms with E-state index in [9.17, 15) is 14.7 Å². The van der Waals surface area contributed by atoms with Gasteiger partial charge in [0, 0.05) is 13.1 Å². The van der Waals surface area contributed by atoms with Gasteiger partial charge in [0.2, 0.25) is 5.91 Å². The zero-order chi connectivity index (χ0) is 14.2. The van der Waals surface area contributed by atoms with Crippen LogP contribution in [0.2, 0.25) is 0 Å². The predicted molar refractivity (Wildman–Crippen MR) is 72.2 cm³/mol. The number of piperazine rings is 1. The van der Waals surface area contributed by atoms with E-state index >= 15 is 0 Å². The zero-order valence-corrected chi connectivity index (χ0v) is 10.9. The molecule has 0 unspecified atom stereocenters. The summed E-state index contributed by atoms with van der Waals surface area (Å²) in [5.74, 6) is -1.19. The van der Waals surface area contributed by atoms with E-state index in [-0.39, 0.29) is 11.5 Å². The molecule has 1 fully saturated rings. The van der Waals surface area contributed by atoms with Crippen molar-refractivity contribution in [3.05, 3.63) is 23.8 Å². The molecule has 2 rings (SSSR count). The Hall–Kier alpha value is -2.24. The number of carbonyl (C=O) groups is 2. The van der Waals surface area contributed by atoms with Gasteiger partial charge in [-0.15, -0.1) is 0 Å². The summed E-state index contributed by atoms with van der Waals surface area (Å²) >= 11 is 0. The van der Waals surface area contributed by atoms with Crippen molar-refractivity contribution in [1.29, 1.82) is 0 Å². The Labute approximate surface area is 111 Å². The van der Waals surface area contributed by atoms with Gasteiger partial charge >= 0.3 is 5.97 Å². The molecule has 19 heavy (non-hydrogen) atoms. The molecule has 6 nitrogen and oxygen atoms in total. The second-order valence-corrected chi connectivity index (χ2v) is 5.02. The first kappa shape index (κ1) is 13.2. The van der Waals surface area contributed by atoms with Gasteiger partial charge in [0.05, 0.1) is 16.9 Å². The van der Waals surface area contributed by atoms with Gasteiger partial charge in [-0.25, -0.2) is 4.79 Å². The van der Waals surface area contributed by atoms with Crippen LogP contribution in [0.5, 0.6) is 0 Å². The number of amides is 1. The van der Waals surface area contributed by atoms with Crippen LogP contribution in [0.15, 0.2) is 18.2 Å². The first-order valence-corrected chi connectivity index (χ1v) is 6.03. The quantitative estimate of drug-likeness (QED) is 0.682. The summed E-state index contributed by atoms with van der Waals surface area (Å²) in [6, 6.07) is 4.74. The van der Waals surface area contributed by atoms with Crippen LogP contribution >= 0.6 is 0 Å². The average molecular weight is 263 g/mol. The topological polar surface area (TPSA) is 95.7 Å². The highest BCUT2D eigenvalue weighted by atomic mass is 16.4. The number of nitrogen functional groups attached to an aromatic ring is 1. The number of aromatic carboxylic acids is 1. The fourth-order valence-corrected chi connectivity index (χ4v) is 2.33. The van der Waals surface area contributed by atoms with Crippen LogP contribution in [-0.4, -0.2) is 35.6 Å². The Morgan fingerprint density at radius 1 is 1.47 bits per heavy atom. The Bertz CT molecular complexity index is 540. The summed E-state index contributed by atoms with van der Waals surface area (Å²) in [4.78, 5) is 25.0. The minimum Gasteiger partial charge on any atom is -0.478 e. The number of carboxylic acids is 1. The van der Waals surface area contributed by atoms with Crippen LogP contribution in [0.4, 0.5) is 11.4 Å². The number of anilines is 2. The molecule has 4 N–H and O–H groups in total. The molecular formula is C13H17N3O3. The van der Waals surface area contributed by atoms with Crippen molar-refractivity contribution < 1.29 is 14.7 Å². The fourth-order valence-electron chi connectivity index (χ4n) is 2.33. The average Bonchev–Trinajstić information content (AvgIpc) is 2.33. The molecule has 0 spiro atoms. The smallest absolute Gasteiger partial charge is 0.337 e. The summed E-state index contributed by atoms with van der Waals surface area (Å²) in [5.41, 5.74) is 5.97. The molecule has 102 valence electrons. The summed E-state index contributed by atoms with van der Waals surface area (Å²) in [7, 11) is 0. The normalized spacial score (nSPS) is 18.0. The maximum absolute atomic E-state index is 12.0. The molecule has 0 atom stereocenters. The Balaban J connectivity index is 2.58. The first-order valence-electron chi connectivity index (χ1n) is 6.03. The maximum Gasteiger partial charge on any atom is 0.337 e. The second-order valence-electron chi connectivity index (χ2n) is 5.02. The van der Waals surface area contributed by atoms with Crippen LogP contribution in [-0.2, 0) is 4.79 Å². The lowest BCUT2D eigenvalue weighted by atomic mass is 9.96. The second kappa shape index (κ2) is 4.46. The van der Waals surface area contributed by atoms with Gasteiger partial charge in [0.25, 0.3) is 0 Å². The van der Waals surface area contributed by atoms with E-state index in [1.807, 2.05) is 0 Å². The predicted octanol–water partition coefficient (Wildman–Crippen LogP) is 0.682. The number of nitrogens with two attached hydrogens (primary N) is 1. The van der Waals surface area contributed by atoms with Gasteiger partial charge in [0.15, 0.2) is 0 Å². The Kier molecular flexibility index (Phi) is 3.09. The van der Waals surface area contributed by atoms with E-state index in [1.165, 1.54) is 6.07 Å². The van der Waals surface area contributed by atoms with Crippen molar-refractivity contribution in [2.45, 2.75) is 19.4 Å². The maximum atomic E-state index is 12.0. The number of rotatable bonds is 2. The van der Waals surface area contributed by atoms with Gasteiger partial charge in [-0.05, 0) is 26.0 Å². The van der Waals surface area contributed by atoms with Crippen LogP contribution in [0, 0.1) is 0 Å². The number of carbonyl (C=O) groups excluding carboxylic acids is 1. The summed E-state index contributed by atoms with van der Waals surface area (Å²) in [6.45, 7) is 4.49. The highest BCUT2D eigenvalue weighted by molar-refractivity contribution is 6.00. The number of hydrogen-bond donors (Lipinski definition) is 3. The number of para-hydroxylation sites is 1. The lowest BCUT2D eigenvalue weighted by Crippen LogP contribution is -2.62. The third kappa shape index (κ3) is 2.09.